The lowest BCUT2D eigenvalue weighted by Crippen LogP contribution is -2.25. The minimum Gasteiger partial charge on any atom is -0.315 e. The van der Waals surface area contributed by atoms with Crippen LogP contribution in [0.5, 0.6) is 0 Å². The predicted molar refractivity (Wildman–Crippen MR) is 50.5 cm³/mol. The van der Waals surface area contributed by atoms with E-state index in [2.05, 4.69) is 15.3 Å². The SMILES string of the molecule is O=S(=O)(c1ncccn1)C1CCNC1. The van der Waals surface area contributed by atoms with Gasteiger partial charge in [-0.1, -0.05) is 0 Å². The topological polar surface area (TPSA) is 72.0 Å². The highest BCUT2D eigenvalue weighted by atomic mass is 32.2. The van der Waals surface area contributed by atoms with Crippen LogP contribution in [-0.4, -0.2) is 36.7 Å². The summed E-state index contributed by atoms with van der Waals surface area (Å²) in [4.78, 5) is 7.54. The Bertz CT molecular complexity index is 398. The van der Waals surface area contributed by atoms with E-state index < -0.39 is 9.84 Å². The van der Waals surface area contributed by atoms with Crippen LogP contribution in [0.3, 0.4) is 0 Å². The third-order valence-corrected chi connectivity index (χ3v) is 4.25. The summed E-state index contributed by atoms with van der Waals surface area (Å²) >= 11 is 0. The van der Waals surface area contributed by atoms with Gasteiger partial charge in [0.2, 0.25) is 15.0 Å². The zero-order valence-corrected chi connectivity index (χ0v) is 8.37. The molecule has 0 aliphatic carbocycles. The Labute approximate surface area is 82.5 Å². The average Bonchev–Trinajstić information content (AvgIpc) is 2.72. The molecule has 14 heavy (non-hydrogen) atoms. The van der Waals surface area contributed by atoms with E-state index in [1.807, 2.05) is 0 Å². The summed E-state index contributed by atoms with van der Waals surface area (Å²) in [6.07, 6.45) is 3.53. The molecule has 1 fully saturated rings. The van der Waals surface area contributed by atoms with Crippen LogP contribution in [0, 0.1) is 0 Å². The molecule has 1 aliphatic heterocycles. The molecule has 1 aromatic rings. The highest BCUT2D eigenvalue weighted by Crippen LogP contribution is 2.15. The van der Waals surface area contributed by atoms with Crippen molar-refractivity contribution in [3.63, 3.8) is 0 Å². The lowest BCUT2D eigenvalue weighted by Gasteiger charge is -2.07. The molecule has 1 unspecified atom stereocenters. The summed E-state index contributed by atoms with van der Waals surface area (Å²) in [5.41, 5.74) is 0. The molecule has 1 saturated heterocycles. The molecule has 0 radical (unpaired) electrons. The molecule has 1 N–H and O–H groups in total. The van der Waals surface area contributed by atoms with Gasteiger partial charge in [0.25, 0.3) is 0 Å². The fourth-order valence-corrected chi connectivity index (χ4v) is 2.95. The van der Waals surface area contributed by atoms with Crippen LogP contribution in [0.15, 0.2) is 23.6 Å². The number of rotatable bonds is 2. The van der Waals surface area contributed by atoms with Gasteiger partial charge in [-0.05, 0) is 19.0 Å². The fraction of sp³-hybridized carbons (Fsp3) is 0.500. The number of hydrogen-bond acceptors (Lipinski definition) is 5. The maximum atomic E-state index is 11.9. The van der Waals surface area contributed by atoms with Crippen molar-refractivity contribution in [2.75, 3.05) is 13.1 Å². The zero-order chi connectivity index (χ0) is 10.0. The first-order valence-corrected chi connectivity index (χ1v) is 5.97. The van der Waals surface area contributed by atoms with Gasteiger partial charge in [0.1, 0.15) is 0 Å². The first-order valence-electron chi connectivity index (χ1n) is 4.43. The van der Waals surface area contributed by atoms with Crippen molar-refractivity contribution >= 4 is 9.84 Å². The molecule has 0 spiro atoms. The van der Waals surface area contributed by atoms with Crippen molar-refractivity contribution in [2.24, 2.45) is 0 Å². The van der Waals surface area contributed by atoms with E-state index in [1.54, 1.807) is 6.07 Å². The summed E-state index contributed by atoms with van der Waals surface area (Å²) < 4.78 is 23.7. The third kappa shape index (κ3) is 1.62. The Morgan fingerprint density at radius 1 is 1.36 bits per heavy atom. The largest absolute Gasteiger partial charge is 0.315 e. The second-order valence-corrected chi connectivity index (χ2v) is 5.31. The van der Waals surface area contributed by atoms with Crippen LogP contribution < -0.4 is 5.32 Å². The van der Waals surface area contributed by atoms with Crippen molar-refractivity contribution in [3.8, 4) is 0 Å². The second-order valence-electron chi connectivity index (χ2n) is 3.19. The molecule has 2 rings (SSSR count). The minimum atomic E-state index is -3.32. The fourth-order valence-electron chi connectivity index (χ4n) is 1.47. The molecule has 0 saturated carbocycles. The van der Waals surface area contributed by atoms with E-state index in [1.165, 1.54) is 12.4 Å². The molecule has 2 heterocycles. The van der Waals surface area contributed by atoms with Crippen molar-refractivity contribution in [1.29, 1.82) is 0 Å². The van der Waals surface area contributed by atoms with Crippen molar-refractivity contribution in [1.82, 2.24) is 15.3 Å². The molecule has 5 nitrogen and oxygen atoms in total. The average molecular weight is 213 g/mol. The van der Waals surface area contributed by atoms with Gasteiger partial charge in [0.15, 0.2) is 0 Å². The Balaban J connectivity index is 2.33. The smallest absolute Gasteiger partial charge is 0.247 e. The number of nitrogens with zero attached hydrogens (tertiary/aromatic N) is 2. The van der Waals surface area contributed by atoms with Crippen molar-refractivity contribution in [3.05, 3.63) is 18.5 Å². The standard InChI is InChI=1S/C8H11N3O2S/c12-14(13,7-2-5-9-6-7)8-10-3-1-4-11-8/h1,3-4,7,9H,2,5-6H2. The molecule has 6 heteroatoms. The first-order chi connectivity index (χ1) is 6.71. The summed E-state index contributed by atoms with van der Waals surface area (Å²) in [6, 6.07) is 1.60. The monoisotopic (exact) mass is 213 g/mol. The van der Waals surface area contributed by atoms with E-state index in [4.69, 9.17) is 0 Å². The van der Waals surface area contributed by atoms with E-state index in [0.29, 0.717) is 13.0 Å². The van der Waals surface area contributed by atoms with Crippen molar-refractivity contribution < 1.29 is 8.42 Å². The van der Waals surface area contributed by atoms with Gasteiger partial charge in [-0.2, -0.15) is 0 Å². The molecule has 76 valence electrons. The highest BCUT2D eigenvalue weighted by Gasteiger charge is 2.32. The zero-order valence-electron chi connectivity index (χ0n) is 7.55. The van der Waals surface area contributed by atoms with Crippen LogP contribution >= 0.6 is 0 Å². The maximum absolute atomic E-state index is 11.9. The van der Waals surface area contributed by atoms with Crippen LogP contribution in [0.1, 0.15) is 6.42 Å². The highest BCUT2D eigenvalue weighted by molar-refractivity contribution is 7.91. The molecule has 1 atom stereocenters. The Morgan fingerprint density at radius 3 is 2.64 bits per heavy atom. The van der Waals surface area contributed by atoms with Crippen LogP contribution in [0.25, 0.3) is 0 Å². The van der Waals surface area contributed by atoms with Gasteiger partial charge in [-0.15, -0.1) is 0 Å². The van der Waals surface area contributed by atoms with Gasteiger partial charge in [0.05, 0.1) is 5.25 Å². The number of sulfone groups is 1. The third-order valence-electron chi connectivity index (χ3n) is 2.25. The summed E-state index contributed by atoms with van der Waals surface area (Å²) in [7, 11) is -3.32. The maximum Gasteiger partial charge on any atom is 0.247 e. The lowest BCUT2D eigenvalue weighted by molar-refractivity contribution is 0.573. The van der Waals surface area contributed by atoms with Crippen LogP contribution in [-0.2, 0) is 9.84 Å². The summed E-state index contributed by atoms with van der Waals surface area (Å²) in [5, 5.41) is 2.58. The number of aromatic nitrogens is 2. The molecular formula is C8H11N3O2S. The molecule has 1 aliphatic rings. The number of nitrogens with one attached hydrogen (secondary N) is 1. The van der Waals surface area contributed by atoms with Crippen LogP contribution in [0.2, 0.25) is 0 Å². The Hall–Kier alpha value is -1.01. The number of hydrogen-bond donors (Lipinski definition) is 1. The van der Waals surface area contributed by atoms with Gasteiger partial charge >= 0.3 is 0 Å². The summed E-state index contributed by atoms with van der Waals surface area (Å²) in [6.45, 7) is 1.25. The molecular weight excluding hydrogens is 202 g/mol. The lowest BCUT2D eigenvalue weighted by atomic mass is 10.4. The second kappa shape index (κ2) is 3.62. The molecule has 0 aromatic carbocycles. The summed E-state index contributed by atoms with van der Waals surface area (Å²) in [5.74, 6) is 0. The van der Waals surface area contributed by atoms with Gasteiger partial charge in [0, 0.05) is 18.9 Å². The quantitative estimate of drug-likeness (QED) is 0.677. The van der Waals surface area contributed by atoms with Gasteiger partial charge < -0.3 is 5.32 Å². The van der Waals surface area contributed by atoms with Crippen LogP contribution in [0.4, 0.5) is 0 Å². The predicted octanol–water partition coefficient (Wildman–Crippen LogP) is -0.388. The van der Waals surface area contributed by atoms with E-state index in [9.17, 15) is 8.42 Å². The Kier molecular flexibility index (Phi) is 2.47. The van der Waals surface area contributed by atoms with Gasteiger partial charge in [-0.3, -0.25) is 0 Å². The molecule has 0 bridgehead atoms. The minimum absolute atomic E-state index is 0.0614. The van der Waals surface area contributed by atoms with Crippen molar-refractivity contribution in [2.45, 2.75) is 16.8 Å². The first kappa shape index (κ1) is 9.54. The van der Waals surface area contributed by atoms with Gasteiger partial charge in [-0.25, -0.2) is 18.4 Å². The van der Waals surface area contributed by atoms with E-state index >= 15 is 0 Å². The Morgan fingerprint density at radius 2 is 2.07 bits per heavy atom. The normalized spacial score (nSPS) is 22.4. The molecule has 1 aromatic heterocycles. The van der Waals surface area contributed by atoms with E-state index in [-0.39, 0.29) is 10.4 Å². The molecule has 0 amide bonds. The van der Waals surface area contributed by atoms with E-state index in [0.717, 1.165) is 6.54 Å².